The smallest absolute Gasteiger partial charge is 0.118 e. The van der Waals surface area contributed by atoms with E-state index in [1.165, 1.54) is 102 Å². The minimum absolute atomic E-state index is 0.952. The molecule has 0 unspecified atom stereocenters. The number of hydrogen-bond donors (Lipinski definition) is 0. The Bertz CT molecular complexity index is 428. The summed E-state index contributed by atoms with van der Waals surface area (Å²) in [6.45, 7) is 8.15. The van der Waals surface area contributed by atoms with Gasteiger partial charge in [0.2, 0.25) is 0 Å². The second-order valence-corrected chi connectivity index (χ2v) is 8.01. The van der Waals surface area contributed by atoms with E-state index in [2.05, 4.69) is 43.0 Å². The van der Waals surface area contributed by atoms with E-state index in [0.29, 0.717) is 0 Å². The number of benzene rings is 1. The summed E-state index contributed by atoms with van der Waals surface area (Å²) >= 11 is 0. The lowest BCUT2D eigenvalue weighted by molar-refractivity contribution is 0.252. The number of hydrogen-bond acceptors (Lipinski definition) is 2. The first-order valence-corrected chi connectivity index (χ1v) is 11.7. The Labute approximate surface area is 169 Å². The standard InChI is InChI=1S/C25H45NO/c1-4-6-8-10-12-14-16-22-26(21-15-13-11-9-7-5-2)23-24-17-19-25(27-3)20-18-24/h17-20H,4-16,21-23H2,1-3H3. The van der Waals surface area contributed by atoms with E-state index in [-0.39, 0.29) is 0 Å². The second-order valence-electron chi connectivity index (χ2n) is 8.01. The molecule has 0 heterocycles. The highest BCUT2D eigenvalue weighted by Crippen LogP contribution is 2.15. The van der Waals surface area contributed by atoms with Gasteiger partial charge in [-0.05, 0) is 43.6 Å². The van der Waals surface area contributed by atoms with Crippen LogP contribution in [0.25, 0.3) is 0 Å². The fourth-order valence-electron chi connectivity index (χ4n) is 3.67. The monoisotopic (exact) mass is 375 g/mol. The summed E-state index contributed by atoms with van der Waals surface area (Å²) in [6.07, 6.45) is 18.0. The van der Waals surface area contributed by atoms with Crippen molar-refractivity contribution in [3.05, 3.63) is 29.8 Å². The van der Waals surface area contributed by atoms with Crippen LogP contribution in [0.5, 0.6) is 5.75 Å². The Hall–Kier alpha value is -1.02. The van der Waals surface area contributed by atoms with Gasteiger partial charge in [-0.3, -0.25) is 4.90 Å². The van der Waals surface area contributed by atoms with E-state index in [4.69, 9.17) is 4.74 Å². The molecule has 0 aliphatic carbocycles. The molecule has 27 heavy (non-hydrogen) atoms. The molecule has 0 radical (unpaired) electrons. The Balaban J connectivity index is 2.33. The summed E-state index contributed by atoms with van der Waals surface area (Å²) in [5.41, 5.74) is 1.41. The van der Waals surface area contributed by atoms with E-state index in [1.807, 2.05) is 0 Å². The van der Waals surface area contributed by atoms with Gasteiger partial charge in [0.15, 0.2) is 0 Å². The molecular weight excluding hydrogens is 330 g/mol. The van der Waals surface area contributed by atoms with Crippen molar-refractivity contribution in [3.63, 3.8) is 0 Å². The number of nitrogens with zero attached hydrogens (tertiary/aromatic N) is 1. The Morgan fingerprint density at radius 2 is 1.07 bits per heavy atom. The van der Waals surface area contributed by atoms with Crippen molar-refractivity contribution >= 4 is 0 Å². The Kier molecular flexibility index (Phi) is 15.2. The number of ether oxygens (including phenoxy) is 1. The highest BCUT2D eigenvalue weighted by Gasteiger charge is 2.06. The Morgan fingerprint density at radius 1 is 0.630 bits per heavy atom. The molecule has 0 aliphatic rings. The van der Waals surface area contributed by atoms with Crippen molar-refractivity contribution in [2.45, 2.75) is 104 Å². The zero-order valence-electron chi connectivity index (χ0n) is 18.5. The molecule has 0 atom stereocenters. The molecule has 0 fully saturated rings. The van der Waals surface area contributed by atoms with E-state index in [1.54, 1.807) is 7.11 Å². The van der Waals surface area contributed by atoms with Crippen LogP contribution in [0.3, 0.4) is 0 Å². The van der Waals surface area contributed by atoms with Gasteiger partial charge in [0, 0.05) is 6.54 Å². The maximum atomic E-state index is 5.29. The quantitative estimate of drug-likeness (QED) is 0.245. The predicted octanol–water partition coefficient (Wildman–Crippen LogP) is 7.61. The van der Waals surface area contributed by atoms with Gasteiger partial charge in [-0.25, -0.2) is 0 Å². The SMILES string of the molecule is CCCCCCCCCN(CCCCCCCC)Cc1ccc(OC)cc1. The Morgan fingerprint density at radius 3 is 1.52 bits per heavy atom. The number of rotatable bonds is 18. The fourth-order valence-corrected chi connectivity index (χ4v) is 3.67. The molecule has 156 valence electrons. The summed E-state index contributed by atoms with van der Waals surface area (Å²) in [5.74, 6) is 0.952. The third-order valence-electron chi connectivity index (χ3n) is 5.47. The van der Waals surface area contributed by atoms with Crippen LogP contribution in [0.15, 0.2) is 24.3 Å². The van der Waals surface area contributed by atoms with Crippen LogP contribution in [0.2, 0.25) is 0 Å². The van der Waals surface area contributed by atoms with Gasteiger partial charge in [-0.1, -0.05) is 96.6 Å². The molecule has 1 aromatic rings. The third-order valence-corrected chi connectivity index (χ3v) is 5.47. The largest absolute Gasteiger partial charge is 0.497 e. The van der Waals surface area contributed by atoms with Crippen LogP contribution in [0, 0.1) is 0 Å². The average Bonchev–Trinajstić information content (AvgIpc) is 2.70. The minimum atomic E-state index is 0.952. The molecule has 0 aliphatic heterocycles. The number of methoxy groups -OCH3 is 1. The van der Waals surface area contributed by atoms with Crippen LogP contribution < -0.4 is 4.74 Å². The maximum Gasteiger partial charge on any atom is 0.118 e. The second kappa shape index (κ2) is 17.1. The molecule has 0 bridgehead atoms. The minimum Gasteiger partial charge on any atom is -0.497 e. The summed E-state index contributed by atoms with van der Waals surface area (Å²) < 4.78 is 5.29. The van der Waals surface area contributed by atoms with Crippen LogP contribution in [-0.4, -0.2) is 25.1 Å². The first-order chi connectivity index (χ1) is 13.3. The van der Waals surface area contributed by atoms with Crippen molar-refractivity contribution in [1.29, 1.82) is 0 Å². The van der Waals surface area contributed by atoms with Crippen molar-refractivity contribution in [2.24, 2.45) is 0 Å². The zero-order chi connectivity index (χ0) is 19.6. The molecule has 2 nitrogen and oxygen atoms in total. The van der Waals surface area contributed by atoms with Gasteiger partial charge in [0.25, 0.3) is 0 Å². The highest BCUT2D eigenvalue weighted by molar-refractivity contribution is 5.27. The first kappa shape index (κ1) is 24.0. The number of unbranched alkanes of at least 4 members (excludes halogenated alkanes) is 11. The highest BCUT2D eigenvalue weighted by atomic mass is 16.5. The van der Waals surface area contributed by atoms with Crippen molar-refractivity contribution < 1.29 is 4.74 Å². The van der Waals surface area contributed by atoms with Crippen molar-refractivity contribution in [1.82, 2.24) is 4.90 Å². The van der Waals surface area contributed by atoms with Crippen molar-refractivity contribution in [2.75, 3.05) is 20.2 Å². The van der Waals surface area contributed by atoms with Crippen LogP contribution >= 0.6 is 0 Å². The van der Waals surface area contributed by atoms with Gasteiger partial charge in [-0.2, -0.15) is 0 Å². The van der Waals surface area contributed by atoms with Crippen LogP contribution in [0.4, 0.5) is 0 Å². The lowest BCUT2D eigenvalue weighted by atomic mass is 10.1. The molecule has 0 aromatic heterocycles. The summed E-state index contributed by atoms with van der Waals surface area (Å²) in [7, 11) is 1.74. The lowest BCUT2D eigenvalue weighted by Crippen LogP contribution is -2.25. The van der Waals surface area contributed by atoms with Gasteiger partial charge < -0.3 is 4.74 Å². The van der Waals surface area contributed by atoms with Gasteiger partial charge >= 0.3 is 0 Å². The molecule has 0 N–H and O–H groups in total. The summed E-state index contributed by atoms with van der Waals surface area (Å²) in [6, 6.07) is 8.62. The zero-order valence-corrected chi connectivity index (χ0v) is 18.5. The molecule has 0 spiro atoms. The summed E-state index contributed by atoms with van der Waals surface area (Å²) in [5, 5.41) is 0. The van der Waals surface area contributed by atoms with Crippen LogP contribution in [-0.2, 0) is 6.54 Å². The van der Waals surface area contributed by atoms with Gasteiger partial charge in [-0.15, -0.1) is 0 Å². The van der Waals surface area contributed by atoms with E-state index in [9.17, 15) is 0 Å². The summed E-state index contributed by atoms with van der Waals surface area (Å²) in [4.78, 5) is 2.67. The topological polar surface area (TPSA) is 12.5 Å². The lowest BCUT2D eigenvalue weighted by Gasteiger charge is -2.22. The molecule has 0 amide bonds. The van der Waals surface area contributed by atoms with Crippen LogP contribution in [0.1, 0.15) is 103 Å². The van der Waals surface area contributed by atoms with E-state index >= 15 is 0 Å². The molecule has 0 saturated heterocycles. The first-order valence-electron chi connectivity index (χ1n) is 11.7. The molecular formula is C25H45NO. The van der Waals surface area contributed by atoms with Gasteiger partial charge in [0.05, 0.1) is 7.11 Å². The van der Waals surface area contributed by atoms with E-state index in [0.717, 1.165) is 12.3 Å². The average molecular weight is 376 g/mol. The molecule has 1 aromatic carbocycles. The fraction of sp³-hybridized carbons (Fsp3) is 0.760. The van der Waals surface area contributed by atoms with E-state index < -0.39 is 0 Å². The third kappa shape index (κ3) is 12.9. The van der Waals surface area contributed by atoms with Crippen molar-refractivity contribution in [3.8, 4) is 5.75 Å². The molecule has 0 saturated carbocycles. The predicted molar refractivity (Wildman–Crippen MR) is 120 cm³/mol. The molecule has 2 heteroatoms. The molecule has 1 rings (SSSR count). The maximum absolute atomic E-state index is 5.29. The van der Waals surface area contributed by atoms with Gasteiger partial charge in [0.1, 0.15) is 5.75 Å². The normalized spacial score (nSPS) is 11.3.